The number of benzene rings is 1. The molecule has 2 N–H and O–H groups in total. The molecule has 0 saturated carbocycles. The summed E-state index contributed by atoms with van der Waals surface area (Å²) in [7, 11) is 3.34. The highest BCUT2D eigenvalue weighted by atomic mass is 127. The standard InChI is InChI=1S/C16H19ClN4O.HI/c1-18-16(20-9-12-3-6-14(17)7-4-12)21-11-13-5-8-15(22-2)19-10-13;/h3-8,10H,9,11H2,1-2H3,(H2,18,20,21);1H. The second kappa shape index (κ2) is 10.3. The minimum atomic E-state index is 0. The Kier molecular flexibility index (Phi) is 8.71. The van der Waals surface area contributed by atoms with E-state index in [9.17, 15) is 0 Å². The number of halogens is 2. The normalized spacial score (nSPS) is 10.7. The van der Waals surface area contributed by atoms with Crippen molar-refractivity contribution in [1.29, 1.82) is 0 Å². The van der Waals surface area contributed by atoms with Gasteiger partial charge in [-0.2, -0.15) is 0 Å². The number of hydrogen-bond acceptors (Lipinski definition) is 3. The molecule has 124 valence electrons. The maximum absolute atomic E-state index is 5.87. The maximum atomic E-state index is 5.87. The Bertz CT molecular complexity index is 617. The van der Waals surface area contributed by atoms with Gasteiger partial charge in [-0.25, -0.2) is 4.98 Å². The van der Waals surface area contributed by atoms with E-state index in [1.54, 1.807) is 20.4 Å². The minimum absolute atomic E-state index is 0. The zero-order valence-electron chi connectivity index (χ0n) is 13.0. The molecular weight excluding hydrogens is 427 g/mol. The quantitative estimate of drug-likeness (QED) is 0.421. The molecule has 2 aromatic rings. The predicted octanol–water partition coefficient (Wildman–Crippen LogP) is 3.23. The Hall–Kier alpha value is -1.54. The molecule has 0 fully saturated rings. The molecule has 1 aromatic carbocycles. The average Bonchev–Trinajstić information content (AvgIpc) is 2.57. The number of ether oxygens (including phenoxy) is 1. The fourth-order valence-electron chi connectivity index (χ4n) is 1.83. The van der Waals surface area contributed by atoms with Gasteiger partial charge >= 0.3 is 0 Å². The van der Waals surface area contributed by atoms with Gasteiger partial charge in [-0.1, -0.05) is 29.8 Å². The molecule has 0 amide bonds. The average molecular weight is 447 g/mol. The Labute approximate surface area is 158 Å². The number of guanidine groups is 1. The maximum Gasteiger partial charge on any atom is 0.212 e. The summed E-state index contributed by atoms with van der Waals surface area (Å²) in [6.45, 7) is 1.31. The van der Waals surface area contributed by atoms with E-state index < -0.39 is 0 Å². The summed E-state index contributed by atoms with van der Waals surface area (Å²) in [5, 5.41) is 7.22. The second-order valence-corrected chi connectivity index (χ2v) is 5.05. The van der Waals surface area contributed by atoms with Crippen LogP contribution in [0.2, 0.25) is 5.02 Å². The lowest BCUT2D eigenvalue weighted by Gasteiger charge is -2.12. The van der Waals surface area contributed by atoms with E-state index in [1.165, 1.54) is 0 Å². The molecule has 0 aliphatic heterocycles. The first-order chi connectivity index (χ1) is 10.7. The van der Waals surface area contributed by atoms with Gasteiger partial charge in [-0.05, 0) is 23.3 Å². The van der Waals surface area contributed by atoms with Crippen LogP contribution in [0.5, 0.6) is 5.88 Å². The van der Waals surface area contributed by atoms with E-state index in [-0.39, 0.29) is 24.0 Å². The van der Waals surface area contributed by atoms with Crippen LogP contribution in [-0.4, -0.2) is 25.1 Å². The molecule has 5 nitrogen and oxygen atoms in total. The fourth-order valence-corrected chi connectivity index (χ4v) is 1.96. The molecule has 0 saturated heterocycles. The van der Waals surface area contributed by atoms with E-state index in [1.807, 2.05) is 36.4 Å². The van der Waals surface area contributed by atoms with Gasteiger partial charge in [0.15, 0.2) is 5.96 Å². The van der Waals surface area contributed by atoms with E-state index in [0.29, 0.717) is 19.0 Å². The first-order valence-electron chi connectivity index (χ1n) is 6.89. The molecule has 0 aliphatic rings. The monoisotopic (exact) mass is 446 g/mol. The fraction of sp³-hybridized carbons (Fsp3) is 0.250. The van der Waals surface area contributed by atoms with Crippen LogP contribution in [-0.2, 0) is 13.1 Å². The number of rotatable bonds is 5. The van der Waals surface area contributed by atoms with E-state index in [0.717, 1.165) is 22.1 Å². The first-order valence-corrected chi connectivity index (χ1v) is 7.27. The van der Waals surface area contributed by atoms with Crippen LogP contribution in [0.3, 0.4) is 0 Å². The van der Waals surface area contributed by atoms with Crippen LogP contribution in [0, 0.1) is 0 Å². The molecule has 0 atom stereocenters. The van der Waals surface area contributed by atoms with Crippen LogP contribution in [0.4, 0.5) is 0 Å². The van der Waals surface area contributed by atoms with Crippen molar-refractivity contribution in [3.63, 3.8) is 0 Å². The van der Waals surface area contributed by atoms with Crippen LogP contribution in [0.15, 0.2) is 47.6 Å². The molecule has 1 aromatic heterocycles. The van der Waals surface area contributed by atoms with Crippen molar-refractivity contribution in [3.05, 3.63) is 58.7 Å². The van der Waals surface area contributed by atoms with Crippen LogP contribution < -0.4 is 15.4 Å². The lowest BCUT2D eigenvalue weighted by molar-refractivity contribution is 0.397. The largest absolute Gasteiger partial charge is 0.481 e. The van der Waals surface area contributed by atoms with Crippen molar-refractivity contribution in [3.8, 4) is 5.88 Å². The van der Waals surface area contributed by atoms with Gasteiger partial charge in [0.1, 0.15) is 0 Å². The highest BCUT2D eigenvalue weighted by Crippen LogP contribution is 2.09. The number of methoxy groups -OCH3 is 1. The number of aromatic nitrogens is 1. The van der Waals surface area contributed by atoms with Crippen molar-refractivity contribution in [2.75, 3.05) is 14.2 Å². The summed E-state index contributed by atoms with van der Waals surface area (Å²) in [5.41, 5.74) is 2.19. The molecular formula is C16H20ClIN4O. The number of nitrogens with zero attached hydrogens (tertiary/aromatic N) is 2. The summed E-state index contributed by atoms with van der Waals surface area (Å²) in [5.74, 6) is 1.33. The van der Waals surface area contributed by atoms with E-state index >= 15 is 0 Å². The van der Waals surface area contributed by atoms with Gasteiger partial charge in [0.2, 0.25) is 5.88 Å². The second-order valence-electron chi connectivity index (χ2n) is 4.61. The number of aliphatic imine (C=N–C) groups is 1. The summed E-state index contributed by atoms with van der Waals surface area (Å²) >= 11 is 5.87. The molecule has 0 bridgehead atoms. The smallest absolute Gasteiger partial charge is 0.212 e. The molecule has 2 rings (SSSR count). The van der Waals surface area contributed by atoms with Crippen molar-refractivity contribution in [2.24, 2.45) is 4.99 Å². The minimum Gasteiger partial charge on any atom is -0.481 e. The van der Waals surface area contributed by atoms with Gasteiger partial charge in [-0.15, -0.1) is 24.0 Å². The Balaban J connectivity index is 0.00000264. The van der Waals surface area contributed by atoms with Gasteiger partial charge < -0.3 is 15.4 Å². The zero-order chi connectivity index (χ0) is 15.8. The van der Waals surface area contributed by atoms with Crippen molar-refractivity contribution in [2.45, 2.75) is 13.1 Å². The summed E-state index contributed by atoms with van der Waals surface area (Å²) in [6, 6.07) is 11.5. The Morgan fingerprint density at radius 1 is 1.09 bits per heavy atom. The third-order valence-corrected chi connectivity index (χ3v) is 3.32. The predicted molar refractivity (Wildman–Crippen MR) is 105 cm³/mol. The molecule has 7 heteroatoms. The third-order valence-electron chi connectivity index (χ3n) is 3.06. The highest BCUT2D eigenvalue weighted by molar-refractivity contribution is 14.0. The van der Waals surface area contributed by atoms with E-state index in [2.05, 4.69) is 20.6 Å². The molecule has 23 heavy (non-hydrogen) atoms. The topological polar surface area (TPSA) is 58.5 Å². The van der Waals surface area contributed by atoms with Crippen molar-refractivity contribution in [1.82, 2.24) is 15.6 Å². The first kappa shape index (κ1) is 19.5. The van der Waals surface area contributed by atoms with Crippen molar-refractivity contribution >= 4 is 41.5 Å². The Morgan fingerprint density at radius 3 is 2.22 bits per heavy atom. The summed E-state index contributed by atoms with van der Waals surface area (Å²) < 4.78 is 5.03. The van der Waals surface area contributed by atoms with Gasteiger partial charge in [0, 0.05) is 37.4 Å². The molecule has 0 spiro atoms. The molecule has 1 heterocycles. The van der Waals surface area contributed by atoms with Gasteiger partial charge in [0.05, 0.1) is 7.11 Å². The van der Waals surface area contributed by atoms with Crippen molar-refractivity contribution < 1.29 is 4.74 Å². The summed E-state index contributed by atoms with van der Waals surface area (Å²) in [6.07, 6.45) is 1.78. The third kappa shape index (κ3) is 6.62. The Morgan fingerprint density at radius 2 is 1.70 bits per heavy atom. The number of pyridine rings is 1. The SMILES string of the molecule is CN=C(NCc1ccc(Cl)cc1)NCc1ccc(OC)nc1.I. The van der Waals surface area contributed by atoms with Crippen LogP contribution in [0.25, 0.3) is 0 Å². The van der Waals surface area contributed by atoms with Gasteiger partial charge in [0.25, 0.3) is 0 Å². The lowest BCUT2D eigenvalue weighted by atomic mass is 10.2. The lowest BCUT2D eigenvalue weighted by Crippen LogP contribution is -2.36. The zero-order valence-corrected chi connectivity index (χ0v) is 16.1. The van der Waals surface area contributed by atoms with E-state index in [4.69, 9.17) is 16.3 Å². The molecule has 0 radical (unpaired) electrons. The highest BCUT2D eigenvalue weighted by Gasteiger charge is 2.00. The van der Waals surface area contributed by atoms with Crippen LogP contribution >= 0.6 is 35.6 Å². The molecule has 0 aliphatic carbocycles. The number of hydrogen-bond donors (Lipinski definition) is 2. The van der Waals surface area contributed by atoms with Gasteiger partial charge in [-0.3, -0.25) is 4.99 Å². The summed E-state index contributed by atoms with van der Waals surface area (Å²) in [4.78, 5) is 8.36. The molecule has 0 unspecified atom stereocenters. The number of nitrogens with one attached hydrogen (secondary N) is 2. The van der Waals surface area contributed by atoms with Crippen LogP contribution in [0.1, 0.15) is 11.1 Å².